The number of H-pyrrole nitrogens is 1. The van der Waals surface area contributed by atoms with E-state index in [2.05, 4.69) is 19.9 Å². The Balaban J connectivity index is 1.28. The number of para-hydroxylation sites is 1. The summed E-state index contributed by atoms with van der Waals surface area (Å²) < 4.78 is 83.8. The first-order valence-electron chi connectivity index (χ1n) is 15.4. The fourth-order valence-corrected chi connectivity index (χ4v) is 6.13. The van der Waals surface area contributed by atoms with Crippen LogP contribution in [0, 0.1) is 6.92 Å². The first kappa shape index (κ1) is 34.0. The molecule has 7 rings (SSSR count). The summed E-state index contributed by atoms with van der Waals surface area (Å²) in [7, 11) is 0. The Hall–Kier alpha value is -6.52. The maximum Gasteiger partial charge on any atom is 0.573 e. The topological polar surface area (TPSA) is 159 Å². The second kappa shape index (κ2) is 12.4. The Bertz CT molecular complexity index is 2430. The number of aromatic nitrogens is 4. The number of nitrogens with two attached hydrogens (primary N) is 1. The molecular weight excluding hydrogens is 695 g/mol. The lowest BCUT2D eigenvalue weighted by molar-refractivity contribution is -0.274. The number of nitrogens with one attached hydrogen (secondary N) is 1. The van der Waals surface area contributed by atoms with Gasteiger partial charge in [-0.1, -0.05) is 18.2 Å². The average molecular weight is 721 g/mol. The third kappa shape index (κ3) is 6.31. The number of amides is 2. The summed E-state index contributed by atoms with van der Waals surface area (Å²) in [6.07, 6.45) is -3.56. The molecule has 0 spiro atoms. The molecule has 0 radical (unpaired) electrons. The van der Waals surface area contributed by atoms with Crippen LogP contribution in [0.15, 0.2) is 88.2 Å². The number of primary amides is 1. The normalized spacial score (nSPS) is 14.6. The molecule has 12 nitrogen and oxygen atoms in total. The number of rotatable bonds is 9. The zero-order chi connectivity index (χ0) is 37.1. The second-order valence-corrected chi connectivity index (χ2v) is 12.0. The molecule has 52 heavy (non-hydrogen) atoms. The molecule has 1 aliphatic heterocycles. The predicted octanol–water partition coefficient (Wildman–Crippen LogP) is 6.67. The standard InChI is InChI=1S/C35H25F5N6O6/c1-17-14-21(10-11-24(17)52-35(38,39)40)50-20-8-6-18(7-9-20)29-26-27(43-44-28(26)32(48)45(29)16-34(2,36)37)22-4-3-5-23-30(22)51-33(49)46(23)25-15-19(31(41)47)12-13-42-25/h3-15,29H,16H2,1-2H3,(H2,41,47)(H,43,44). The lowest BCUT2D eigenvalue weighted by Gasteiger charge is -2.28. The largest absolute Gasteiger partial charge is 0.573 e. The number of pyridine rings is 1. The van der Waals surface area contributed by atoms with E-state index in [1.165, 1.54) is 49.5 Å². The van der Waals surface area contributed by atoms with Gasteiger partial charge < -0.3 is 24.5 Å². The van der Waals surface area contributed by atoms with Gasteiger partial charge in [0.2, 0.25) is 5.91 Å². The molecule has 1 atom stereocenters. The van der Waals surface area contributed by atoms with Crippen molar-refractivity contribution < 1.29 is 45.4 Å². The molecule has 0 bridgehead atoms. The monoisotopic (exact) mass is 720 g/mol. The highest BCUT2D eigenvalue weighted by atomic mass is 19.4. The number of aromatic amines is 1. The number of hydrogen-bond donors (Lipinski definition) is 2. The van der Waals surface area contributed by atoms with Gasteiger partial charge in [-0.15, -0.1) is 13.2 Å². The molecule has 0 fully saturated rings. The molecule has 0 saturated carbocycles. The summed E-state index contributed by atoms with van der Waals surface area (Å²) in [5.74, 6) is -5.48. The van der Waals surface area contributed by atoms with E-state index >= 15 is 0 Å². The van der Waals surface area contributed by atoms with E-state index in [4.69, 9.17) is 14.9 Å². The summed E-state index contributed by atoms with van der Waals surface area (Å²) in [5.41, 5.74) is 6.97. The molecule has 6 aromatic rings. The summed E-state index contributed by atoms with van der Waals surface area (Å²) in [4.78, 5) is 43.8. The van der Waals surface area contributed by atoms with Crippen LogP contribution in [0.3, 0.4) is 0 Å². The maximum atomic E-state index is 14.5. The van der Waals surface area contributed by atoms with Crippen LogP contribution in [-0.4, -0.2) is 55.3 Å². The molecule has 3 N–H and O–H groups in total. The molecule has 2 amide bonds. The molecule has 3 aromatic heterocycles. The number of alkyl halides is 5. The highest BCUT2D eigenvalue weighted by Gasteiger charge is 2.45. The van der Waals surface area contributed by atoms with Crippen molar-refractivity contribution >= 4 is 22.9 Å². The van der Waals surface area contributed by atoms with Gasteiger partial charge in [0.05, 0.1) is 18.1 Å². The number of halogens is 5. The number of carbonyl (C=O) groups excluding carboxylic acids is 2. The van der Waals surface area contributed by atoms with Crippen LogP contribution in [0.5, 0.6) is 17.2 Å². The van der Waals surface area contributed by atoms with Gasteiger partial charge in [-0.3, -0.25) is 14.7 Å². The number of oxazole rings is 1. The molecule has 266 valence electrons. The molecule has 0 saturated heterocycles. The van der Waals surface area contributed by atoms with Gasteiger partial charge in [-0.2, -0.15) is 5.10 Å². The lowest BCUT2D eigenvalue weighted by atomic mass is 9.95. The van der Waals surface area contributed by atoms with Crippen molar-refractivity contribution in [1.82, 2.24) is 24.6 Å². The van der Waals surface area contributed by atoms with Crippen molar-refractivity contribution in [2.45, 2.75) is 32.2 Å². The zero-order valence-corrected chi connectivity index (χ0v) is 27.0. The average Bonchev–Trinajstić information content (AvgIpc) is 3.72. The van der Waals surface area contributed by atoms with Crippen LogP contribution < -0.4 is 21.0 Å². The van der Waals surface area contributed by atoms with E-state index in [1.807, 2.05) is 0 Å². The van der Waals surface area contributed by atoms with E-state index in [-0.39, 0.29) is 67.8 Å². The molecule has 3 aromatic carbocycles. The Kier molecular flexibility index (Phi) is 8.07. The van der Waals surface area contributed by atoms with Gasteiger partial charge in [-0.05, 0) is 72.6 Å². The fraction of sp³-hybridized carbons (Fsp3) is 0.171. The third-order valence-corrected chi connectivity index (χ3v) is 8.24. The zero-order valence-electron chi connectivity index (χ0n) is 27.0. The Labute approximate surface area is 289 Å². The summed E-state index contributed by atoms with van der Waals surface area (Å²) in [5, 5.41) is 7.04. The second-order valence-electron chi connectivity index (χ2n) is 12.0. The van der Waals surface area contributed by atoms with Crippen molar-refractivity contribution in [2.75, 3.05) is 6.54 Å². The number of benzene rings is 3. The van der Waals surface area contributed by atoms with Crippen molar-refractivity contribution in [3.63, 3.8) is 0 Å². The van der Waals surface area contributed by atoms with Gasteiger partial charge in [0.25, 0.3) is 11.8 Å². The fourth-order valence-electron chi connectivity index (χ4n) is 6.13. The minimum atomic E-state index is -4.86. The van der Waals surface area contributed by atoms with Crippen molar-refractivity contribution in [2.24, 2.45) is 5.73 Å². The van der Waals surface area contributed by atoms with Crippen molar-refractivity contribution in [1.29, 1.82) is 0 Å². The van der Waals surface area contributed by atoms with Gasteiger partial charge >= 0.3 is 12.1 Å². The first-order chi connectivity index (χ1) is 24.6. The summed E-state index contributed by atoms with van der Waals surface area (Å²) >= 11 is 0. The minimum Gasteiger partial charge on any atom is -0.457 e. The number of fused-ring (bicyclic) bond motifs is 2. The predicted molar refractivity (Wildman–Crippen MR) is 174 cm³/mol. The maximum absolute atomic E-state index is 14.5. The highest BCUT2D eigenvalue weighted by molar-refractivity contribution is 6.02. The van der Waals surface area contributed by atoms with Crippen molar-refractivity contribution in [3.05, 3.63) is 117 Å². The van der Waals surface area contributed by atoms with Crippen LogP contribution in [0.2, 0.25) is 0 Å². The molecule has 1 aliphatic rings. The molecule has 17 heteroatoms. The summed E-state index contributed by atoms with van der Waals surface area (Å²) in [6.45, 7) is 1.16. The smallest absolute Gasteiger partial charge is 0.457 e. The Morgan fingerprint density at radius 3 is 2.40 bits per heavy atom. The Morgan fingerprint density at radius 2 is 1.73 bits per heavy atom. The van der Waals surface area contributed by atoms with Crippen LogP contribution in [0.1, 0.15) is 50.5 Å². The summed E-state index contributed by atoms with van der Waals surface area (Å²) in [6, 6.07) is 16.3. The van der Waals surface area contributed by atoms with E-state index in [0.717, 1.165) is 15.5 Å². The lowest BCUT2D eigenvalue weighted by Crippen LogP contribution is -2.38. The molecular formula is C35H25F5N6O6. The number of ether oxygens (including phenoxy) is 2. The van der Waals surface area contributed by atoms with E-state index < -0.39 is 42.4 Å². The van der Waals surface area contributed by atoms with Crippen LogP contribution in [0.4, 0.5) is 22.0 Å². The van der Waals surface area contributed by atoms with E-state index in [1.54, 1.807) is 30.3 Å². The number of carbonyl (C=O) groups is 2. The SMILES string of the molecule is Cc1cc(Oc2ccc(C3c4c(-c5cccc6c5oc(=O)n6-c5cc(C(N)=O)ccn5)n[nH]c4C(=O)N3CC(C)(F)F)cc2)ccc1OC(F)(F)F. The Morgan fingerprint density at radius 1 is 1.00 bits per heavy atom. The number of nitrogens with zero attached hydrogens (tertiary/aromatic N) is 4. The van der Waals surface area contributed by atoms with Crippen LogP contribution in [-0.2, 0) is 0 Å². The first-order valence-corrected chi connectivity index (χ1v) is 15.4. The van der Waals surface area contributed by atoms with Crippen LogP contribution in [0.25, 0.3) is 28.2 Å². The molecule has 0 aliphatic carbocycles. The van der Waals surface area contributed by atoms with E-state index in [9.17, 15) is 36.3 Å². The number of aryl methyl sites for hydroxylation is 1. The minimum absolute atomic E-state index is 0.0455. The van der Waals surface area contributed by atoms with Gasteiger partial charge in [0, 0.05) is 29.8 Å². The number of hydrogen-bond acceptors (Lipinski definition) is 8. The van der Waals surface area contributed by atoms with Gasteiger partial charge in [0.1, 0.15) is 34.5 Å². The van der Waals surface area contributed by atoms with Gasteiger partial charge in [0.15, 0.2) is 5.58 Å². The van der Waals surface area contributed by atoms with Gasteiger partial charge in [-0.25, -0.2) is 23.1 Å². The van der Waals surface area contributed by atoms with Crippen molar-refractivity contribution in [3.8, 4) is 34.3 Å². The van der Waals surface area contributed by atoms with E-state index in [0.29, 0.717) is 12.5 Å². The highest BCUT2D eigenvalue weighted by Crippen LogP contribution is 2.45. The molecule has 1 unspecified atom stereocenters. The van der Waals surface area contributed by atoms with Crippen LogP contribution >= 0.6 is 0 Å². The quantitative estimate of drug-likeness (QED) is 0.157. The third-order valence-electron chi connectivity index (χ3n) is 8.24. The molecule has 4 heterocycles.